The van der Waals surface area contributed by atoms with Crippen molar-refractivity contribution >= 4 is 34.6 Å². The van der Waals surface area contributed by atoms with Crippen LogP contribution in [0.5, 0.6) is 5.75 Å². The number of benzene rings is 3. The Morgan fingerprint density at radius 2 is 1.45 bits per heavy atom. The highest BCUT2D eigenvalue weighted by atomic mass is 32.2. The Morgan fingerprint density at radius 1 is 0.818 bits per heavy atom. The summed E-state index contributed by atoms with van der Waals surface area (Å²) < 4.78 is 5.85. The standard InChI is InChI=1S/C27H25N3O2S/c31-26-25(19-21-11-13-24(14-12-21)32-20-22-7-3-1-4-8-22)33-27(28-26)30-17-15-29(16-18-30)23-9-5-2-6-10-23/h1-14,19H,15-18,20H2. The SMILES string of the molecule is O=C1N=C(N2CCN(c3ccccc3)CC2)SC1=Cc1ccc(OCc2ccccc2)cc1. The second kappa shape index (κ2) is 9.96. The minimum absolute atomic E-state index is 0.162. The van der Waals surface area contributed by atoms with Crippen LogP contribution in [0.2, 0.25) is 0 Å². The summed E-state index contributed by atoms with van der Waals surface area (Å²) in [6.07, 6.45) is 1.91. The highest BCUT2D eigenvalue weighted by Gasteiger charge is 2.28. The van der Waals surface area contributed by atoms with Crippen LogP contribution in [0.1, 0.15) is 11.1 Å². The van der Waals surface area contributed by atoms with Crippen LogP contribution in [0.4, 0.5) is 5.69 Å². The zero-order valence-corrected chi connectivity index (χ0v) is 19.1. The van der Waals surface area contributed by atoms with Gasteiger partial charge in [-0.25, -0.2) is 0 Å². The lowest BCUT2D eigenvalue weighted by atomic mass is 10.2. The Balaban J connectivity index is 1.16. The van der Waals surface area contributed by atoms with Gasteiger partial charge in [0.2, 0.25) is 0 Å². The highest BCUT2D eigenvalue weighted by molar-refractivity contribution is 8.18. The molecule has 0 spiro atoms. The number of piperazine rings is 1. The maximum absolute atomic E-state index is 12.5. The number of carbonyl (C=O) groups is 1. The molecule has 0 aliphatic carbocycles. The van der Waals surface area contributed by atoms with E-state index in [0.717, 1.165) is 48.2 Å². The normalized spacial score (nSPS) is 17.4. The third-order valence-corrected chi connectivity index (χ3v) is 6.75. The topological polar surface area (TPSA) is 45.1 Å². The molecular weight excluding hydrogens is 430 g/mol. The molecule has 0 unspecified atom stereocenters. The Bertz CT molecular complexity index is 1150. The van der Waals surface area contributed by atoms with E-state index in [1.54, 1.807) is 0 Å². The molecule has 33 heavy (non-hydrogen) atoms. The van der Waals surface area contributed by atoms with Crippen molar-refractivity contribution in [3.63, 3.8) is 0 Å². The monoisotopic (exact) mass is 455 g/mol. The molecule has 0 N–H and O–H groups in total. The third kappa shape index (κ3) is 5.29. The molecule has 5 nitrogen and oxygen atoms in total. The van der Waals surface area contributed by atoms with E-state index in [9.17, 15) is 4.79 Å². The summed E-state index contributed by atoms with van der Waals surface area (Å²) in [4.78, 5) is 22.1. The number of hydrogen-bond acceptors (Lipinski definition) is 5. The lowest BCUT2D eigenvalue weighted by Gasteiger charge is -2.36. The zero-order valence-electron chi connectivity index (χ0n) is 18.3. The molecule has 1 fully saturated rings. The van der Waals surface area contributed by atoms with Gasteiger partial charge in [0, 0.05) is 31.9 Å². The molecule has 3 aromatic carbocycles. The Labute approximate surface area is 198 Å². The Morgan fingerprint density at radius 3 is 2.15 bits per heavy atom. The molecule has 0 radical (unpaired) electrons. The third-order valence-electron chi connectivity index (χ3n) is 5.71. The average molecular weight is 456 g/mol. The Kier molecular flexibility index (Phi) is 6.44. The molecule has 0 aromatic heterocycles. The van der Waals surface area contributed by atoms with E-state index >= 15 is 0 Å². The van der Waals surface area contributed by atoms with Crippen molar-refractivity contribution < 1.29 is 9.53 Å². The van der Waals surface area contributed by atoms with Crippen molar-refractivity contribution in [3.05, 3.63) is 101 Å². The second-order valence-corrected chi connectivity index (χ2v) is 8.97. The smallest absolute Gasteiger partial charge is 0.286 e. The number of anilines is 1. The van der Waals surface area contributed by atoms with Crippen molar-refractivity contribution in [2.75, 3.05) is 31.1 Å². The van der Waals surface area contributed by atoms with Crippen molar-refractivity contribution in [2.45, 2.75) is 6.61 Å². The van der Waals surface area contributed by atoms with E-state index in [1.165, 1.54) is 17.4 Å². The second-order valence-electron chi connectivity index (χ2n) is 7.96. The fraction of sp³-hybridized carbons (Fsp3) is 0.185. The number of aliphatic imine (C=N–C) groups is 1. The number of ether oxygens (including phenoxy) is 1. The van der Waals surface area contributed by atoms with Gasteiger partial charge in [-0.05, 0) is 53.2 Å². The Hall–Kier alpha value is -3.51. The molecule has 0 atom stereocenters. The van der Waals surface area contributed by atoms with Gasteiger partial charge in [0.25, 0.3) is 5.91 Å². The summed E-state index contributed by atoms with van der Waals surface area (Å²) in [5.74, 6) is 0.643. The number of amidine groups is 1. The molecule has 166 valence electrons. The van der Waals surface area contributed by atoms with Gasteiger partial charge >= 0.3 is 0 Å². The number of rotatable bonds is 5. The van der Waals surface area contributed by atoms with Crippen molar-refractivity contribution in [1.82, 2.24) is 4.90 Å². The van der Waals surface area contributed by atoms with Gasteiger partial charge in [-0.2, -0.15) is 4.99 Å². The maximum Gasteiger partial charge on any atom is 0.286 e. The lowest BCUT2D eigenvalue weighted by Crippen LogP contribution is -2.47. The summed E-state index contributed by atoms with van der Waals surface area (Å²) in [6, 6.07) is 28.3. The molecule has 0 saturated carbocycles. The summed E-state index contributed by atoms with van der Waals surface area (Å²) in [5.41, 5.74) is 3.33. The van der Waals surface area contributed by atoms with Crippen molar-refractivity contribution in [2.24, 2.45) is 4.99 Å². The molecule has 1 saturated heterocycles. The van der Waals surface area contributed by atoms with E-state index in [-0.39, 0.29) is 5.91 Å². The highest BCUT2D eigenvalue weighted by Crippen LogP contribution is 2.31. The number of nitrogens with zero attached hydrogens (tertiary/aromatic N) is 3. The van der Waals surface area contributed by atoms with Crippen LogP contribution < -0.4 is 9.64 Å². The number of para-hydroxylation sites is 1. The van der Waals surface area contributed by atoms with E-state index in [4.69, 9.17) is 4.74 Å². The lowest BCUT2D eigenvalue weighted by molar-refractivity contribution is -0.113. The van der Waals surface area contributed by atoms with Gasteiger partial charge in [-0.1, -0.05) is 60.7 Å². The predicted molar refractivity (Wildman–Crippen MR) is 135 cm³/mol. The van der Waals surface area contributed by atoms with Crippen LogP contribution in [0.15, 0.2) is 94.8 Å². The molecule has 2 aliphatic heterocycles. The summed E-state index contributed by atoms with van der Waals surface area (Å²) in [7, 11) is 0. The van der Waals surface area contributed by atoms with E-state index < -0.39 is 0 Å². The van der Waals surface area contributed by atoms with Crippen LogP contribution in [0, 0.1) is 0 Å². The van der Waals surface area contributed by atoms with Gasteiger partial charge < -0.3 is 14.5 Å². The van der Waals surface area contributed by atoms with Crippen molar-refractivity contribution in [3.8, 4) is 5.75 Å². The minimum Gasteiger partial charge on any atom is -0.489 e. The summed E-state index contributed by atoms with van der Waals surface area (Å²) in [6.45, 7) is 4.08. The van der Waals surface area contributed by atoms with Gasteiger partial charge in [-0.3, -0.25) is 4.79 Å². The van der Waals surface area contributed by atoms with Gasteiger partial charge in [0.1, 0.15) is 12.4 Å². The first-order valence-corrected chi connectivity index (χ1v) is 11.9. The van der Waals surface area contributed by atoms with E-state index in [0.29, 0.717) is 11.5 Å². The number of amides is 1. The van der Waals surface area contributed by atoms with Gasteiger partial charge in [0.15, 0.2) is 5.17 Å². The minimum atomic E-state index is -0.162. The first-order chi connectivity index (χ1) is 16.2. The first kappa shape index (κ1) is 21.3. The quantitative estimate of drug-likeness (QED) is 0.504. The van der Waals surface area contributed by atoms with Crippen LogP contribution in [-0.4, -0.2) is 42.2 Å². The van der Waals surface area contributed by atoms with Gasteiger partial charge in [0.05, 0.1) is 4.91 Å². The van der Waals surface area contributed by atoms with E-state index in [1.807, 2.05) is 66.7 Å². The molecular formula is C27H25N3O2S. The molecule has 5 rings (SSSR count). The summed E-state index contributed by atoms with van der Waals surface area (Å²) in [5, 5.41) is 0.807. The maximum atomic E-state index is 12.5. The number of hydrogen-bond donors (Lipinski definition) is 0. The summed E-state index contributed by atoms with van der Waals surface area (Å²) >= 11 is 1.47. The zero-order chi connectivity index (χ0) is 22.5. The molecule has 2 aliphatic rings. The van der Waals surface area contributed by atoms with Crippen LogP contribution in [0.3, 0.4) is 0 Å². The largest absolute Gasteiger partial charge is 0.489 e. The molecule has 6 heteroatoms. The average Bonchev–Trinajstić information content (AvgIpc) is 3.25. The first-order valence-electron chi connectivity index (χ1n) is 11.1. The molecule has 0 bridgehead atoms. The predicted octanol–water partition coefficient (Wildman–Crippen LogP) is 5.06. The van der Waals surface area contributed by atoms with Crippen LogP contribution in [-0.2, 0) is 11.4 Å². The molecule has 3 aromatic rings. The fourth-order valence-electron chi connectivity index (χ4n) is 3.88. The number of carbonyl (C=O) groups excluding carboxylic acids is 1. The van der Waals surface area contributed by atoms with Crippen LogP contribution >= 0.6 is 11.8 Å². The number of thioether (sulfide) groups is 1. The fourth-order valence-corrected chi connectivity index (χ4v) is 4.85. The van der Waals surface area contributed by atoms with Crippen molar-refractivity contribution in [1.29, 1.82) is 0 Å². The van der Waals surface area contributed by atoms with Crippen LogP contribution in [0.25, 0.3) is 6.08 Å². The van der Waals surface area contributed by atoms with E-state index in [2.05, 4.69) is 39.1 Å². The molecule has 1 amide bonds. The molecule has 2 heterocycles. The van der Waals surface area contributed by atoms with Gasteiger partial charge in [-0.15, -0.1) is 0 Å².